The Kier molecular flexibility index (Phi) is 7.37. The number of aliphatic hydroxyl groups is 1. The van der Waals surface area contributed by atoms with Crippen LogP contribution in [0.25, 0.3) is 0 Å². The van der Waals surface area contributed by atoms with Gasteiger partial charge >= 0.3 is 0 Å². The summed E-state index contributed by atoms with van der Waals surface area (Å²) in [6, 6.07) is 6.66. The summed E-state index contributed by atoms with van der Waals surface area (Å²) in [7, 11) is -3.59. The maximum Gasteiger partial charge on any atom is 0.249 e. The smallest absolute Gasteiger partial charge is 0.249 e. The van der Waals surface area contributed by atoms with E-state index in [1.165, 1.54) is 12.1 Å². The van der Waals surface area contributed by atoms with Crippen molar-refractivity contribution in [3.8, 4) is 0 Å². The van der Waals surface area contributed by atoms with E-state index < -0.39 is 33.8 Å². The maximum atomic E-state index is 12.2. The SMILES string of the molecule is CC(C)C[C@H](O)C(=O)N[C@H](CCS(=O)(=O)c1ccccc1)C(N)=O. The maximum absolute atomic E-state index is 12.2. The highest BCUT2D eigenvalue weighted by atomic mass is 32.2. The fourth-order valence-electron chi connectivity index (χ4n) is 2.13. The van der Waals surface area contributed by atoms with Gasteiger partial charge in [0.15, 0.2) is 9.84 Å². The van der Waals surface area contributed by atoms with Crippen LogP contribution in [0.2, 0.25) is 0 Å². The molecular weight excluding hydrogens is 332 g/mol. The highest BCUT2D eigenvalue weighted by molar-refractivity contribution is 7.91. The second-order valence-electron chi connectivity index (χ2n) is 6.03. The number of aliphatic hydroxyl groups excluding tert-OH is 1. The lowest BCUT2D eigenvalue weighted by Crippen LogP contribution is -2.49. The van der Waals surface area contributed by atoms with E-state index in [1.54, 1.807) is 18.2 Å². The third kappa shape index (κ3) is 6.29. The molecule has 0 bridgehead atoms. The second-order valence-corrected chi connectivity index (χ2v) is 8.14. The van der Waals surface area contributed by atoms with Gasteiger partial charge < -0.3 is 16.2 Å². The zero-order chi connectivity index (χ0) is 18.3. The lowest BCUT2D eigenvalue weighted by molar-refractivity contribution is -0.133. The molecule has 0 fully saturated rings. The zero-order valence-corrected chi connectivity index (χ0v) is 14.6. The lowest BCUT2D eigenvalue weighted by Gasteiger charge is -2.19. The molecule has 0 saturated carbocycles. The number of carbonyl (C=O) groups excluding carboxylic acids is 2. The Balaban J connectivity index is 2.70. The third-order valence-electron chi connectivity index (χ3n) is 3.43. The van der Waals surface area contributed by atoms with Crippen LogP contribution < -0.4 is 11.1 Å². The second kappa shape index (κ2) is 8.79. The van der Waals surface area contributed by atoms with Crippen LogP contribution in [0.5, 0.6) is 0 Å². The van der Waals surface area contributed by atoms with E-state index in [0.29, 0.717) is 0 Å². The molecule has 0 heterocycles. The Labute approximate surface area is 142 Å². The Bertz CT molecular complexity index is 658. The third-order valence-corrected chi connectivity index (χ3v) is 5.20. The molecule has 8 heteroatoms. The van der Waals surface area contributed by atoms with Crippen molar-refractivity contribution in [3.63, 3.8) is 0 Å². The fraction of sp³-hybridized carbons (Fsp3) is 0.500. The van der Waals surface area contributed by atoms with Gasteiger partial charge in [0, 0.05) is 0 Å². The first-order chi connectivity index (χ1) is 11.1. The van der Waals surface area contributed by atoms with Crippen LogP contribution in [0.3, 0.4) is 0 Å². The van der Waals surface area contributed by atoms with Crippen LogP contribution >= 0.6 is 0 Å². The van der Waals surface area contributed by atoms with Crippen molar-refractivity contribution >= 4 is 21.7 Å². The molecule has 0 unspecified atom stereocenters. The highest BCUT2D eigenvalue weighted by Crippen LogP contribution is 2.12. The zero-order valence-electron chi connectivity index (χ0n) is 13.8. The molecule has 134 valence electrons. The van der Waals surface area contributed by atoms with E-state index in [9.17, 15) is 23.1 Å². The molecule has 2 atom stereocenters. The minimum Gasteiger partial charge on any atom is -0.383 e. The number of nitrogens with one attached hydrogen (secondary N) is 1. The largest absolute Gasteiger partial charge is 0.383 e. The summed E-state index contributed by atoms with van der Waals surface area (Å²) < 4.78 is 24.4. The van der Waals surface area contributed by atoms with E-state index >= 15 is 0 Å². The number of amides is 2. The van der Waals surface area contributed by atoms with E-state index in [2.05, 4.69) is 5.32 Å². The molecule has 2 amide bonds. The first-order valence-electron chi connectivity index (χ1n) is 7.69. The molecule has 0 radical (unpaired) electrons. The molecule has 1 aromatic rings. The number of carbonyl (C=O) groups is 2. The monoisotopic (exact) mass is 356 g/mol. The van der Waals surface area contributed by atoms with Crippen LogP contribution in [-0.4, -0.2) is 43.2 Å². The van der Waals surface area contributed by atoms with E-state index in [0.717, 1.165) is 0 Å². The Morgan fingerprint density at radius 1 is 1.21 bits per heavy atom. The van der Waals surface area contributed by atoms with Crippen molar-refractivity contribution < 1.29 is 23.1 Å². The van der Waals surface area contributed by atoms with Crippen LogP contribution in [0.4, 0.5) is 0 Å². The van der Waals surface area contributed by atoms with Gasteiger partial charge in [0.1, 0.15) is 12.1 Å². The number of rotatable bonds is 9. The van der Waals surface area contributed by atoms with Gasteiger partial charge in [0.25, 0.3) is 0 Å². The average Bonchev–Trinajstić information content (AvgIpc) is 2.51. The number of benzene rings is 1. The molecule has 7 nitrogen and oxygen atoms in total. The summed E-state index contributed by atoms with van der Waals surface area (Å²) in [5.74, 6) is -1.82. The first kappa shape index (κ1) is 20.1. The normalized spacial score (nSPS) is 14.2. The van der Waals surface area contributed by atoms with Gasteiger partial charge in [-0.15, -0.1) is 0 Å². The van der Waals surface area contributed by atoms with Crippen molar-refractivity contribution in [2.24, 2.45) is 11.7 Å². The Morgan fingerprint density at radius 2 is 1.79 bits per heavy atom. The first-order valence-corrected chi connectivity index (χ1v) is 9.34. The molecule has 4 N–H and O–H groups in total. The number of hydrogen-bond donors (Lipinski definition) is 3. The van der Waals surface area contributed by atoms with E-state index in [-0.39, 0.29) is 29.4 Å². The van der Waals surface area contributed by atoms with Crippen molar-refractivity contribution in [1.29, 1.82) is 0 Å². The van der Waals surface area contributed by atoms with Gasteiger partial charge in [-0.25, -0.2) is 8.42 Å². The quantitative estimate of drug-likeness (QED) is 0.584. The van der Waals surface area contributed by atoms with Crippen LogP contribution in [0.15, 0.2) is 35.2 Å². The van der Waals surface area contributed by atoms with Gasteiger partial charge in [0.2, 0.25) is 11.8 Å². The van der Waals surface area contributed by atoms with Crippen molar-refractivity contribution in [2.45, 2.75) is 43.7 Å². The van der Waals surface area contributed by atoms with Gasteiger partial charge in [-0.05, 0) is 30.9 Å². The van der Waals surface area contributed by atoms with Gasteiger partial charge in [-0.2, -0.15) is 0 Å². The topological polar surface area (TPSA) is 127 Å². The van der Waals surface area contributed by atoms with Gasteiger partial charge in [-0.3, -0.25) is 9.59 Å². The molecule has 0 spiro atoms. The van der Waals surface area contributed by atoms with Crippen LogP contribution in [-0.2, 0) is 19.4 Å². The van der Waals surface area contributed by atoms with Gasteiger partial charge in [-0.1, -0.05) is 32.0 Å². The van der Waals surface area contributed by atoms with Crippen molar-refractivity contribution in [3.05, 3.63) is 30.3 Å². The van der Waals surface area contributed by atoms with Gasteiger partial charge in [0.05, 0.1) is 10.6 Å². The summed E-state index contributed by atoms with van der Waals surface area (Å²) in [6.07, 6.45) is -1.19. The minimum atomic E-state index is -3.59. The summed E-state index contributed by atoms with van der Waals surface area (Å²) >= 11 is 0. The van der Waals surface area contributed by atoms with Crippen LogP contribution in [0, 0.1) is 5.92 Å². The minimum absolute atomic E-state index is 0.0937. The molecule has 0 saturated heterocycles. The summed E-state index contributed by atoms with van der Waals surface area (Å²) in [6.45, 7) is 3.68. The molecule has 0 aliphatic carbocycles. The number of hydrogen-bond acceptors (Lipinski definition) is 5. The molecule has 1 rings (SSSR count). The standard InChI is InChI=1S/C16H24N2O5S/c1-11(2)10-14(19)16(21)18-13(15(17)20)8-9-24(22,23)12-6-4-3-5-7-12/h3-7,11,13-14,19H,8-10H2,1-2H3,(H2,17,20)(H,18,21)/t13-,14+/m1/s1. The lowest BCUT2D eigenvalue weighted by atomic mass is 10.1. The average molecular weight is 356 g/mol. The molecule has 0 aliphatic heterocycles. The predicted molar refractivity (Wildman–Crippen MR) is 89.7 cm³/mol. The molecule has 0 aliphatic rings. The Hall–Kier alpha value is -1.93. The number of nitrogens with two attached hydrogens (primary N) is 1. The molecule has 24 heavy (non-hydrogen) atoms. The predicted octanol–water partition coefficient (Wildman–Crippen LogP) is 0.228. The summed E-state index contributed by atoms with van der Waals surface area (Å²) in [4.78, 5) is 23.5. The summed E-state index contributed by atoms with van der Waals surface area (Å²) in [5.41, 5.74) is 5.22. The Morgan fingerprint density at radius 3 is 2.29 bits per heavy atom. The van der Waals surface area contributed by atoms with Crippen molar-refractivity contribution in [2.75, 3.05) is 5.75 Å². The van der Waals surface area contributed by atoms with Crippen LogP contribution in [0.1, 0.15) is 26.7 Å². The molecule has 1 aromatic carbocycles. The van der Waals surface area contributed by atoms with Crippen molar-refractivity contribution in [1.82, 2.24) is 5.32 Å². The highest BCUT2D eigenvalue weighted by Gasteiger charge is 2.25. The summed E-state index contributed by atoms with van der Waals surface area (Å²) in [5, 5.41) is 12.1. The molecular formula is C16H24N2O5S. The fourth-order valence-corrected chi connectivity index (χ4v) is 3.48. The number of primary amides is 1. The molecule has 0 aromatic heterocycles. The van der Waals surface area contributed by atoms with E-state index in [4.69, 9.17) is 5.73 Å². The van der Waals surface area contributed by atoms with E-state index in [1.807, 2.05) is 13.8 Å². The number of sulfone groups is 1.